The van der Waals surface area contributed by atoms with Crippen molar-refractivity contribution >= 4 is 11.0 Å². The number of nitrogens with zero attached hydrogens (tertiary/aromatic N) is 2. The Hall–Kier alpha value is -1.42. The van der Waals surface area contributed by atoms with E-state index in [9.17, 15) is 4.39 Å². The van der Waals surface area contributed by atoms with Crippen molar-refractivity contribution in [2.75, 3.05) is 0 Å². The average Bonchev–Trinajstić information content (AvgIpc) is 3.25. The SMILES string of the molecule is NC1CCCCCC1c1nc2cc(F)ccc2n1C1CC1. The number of hydrogen-bond donors (Lipinski definition) is 1. The van der Waals surface area contributed by atoms with E-state index in [-0.39, 0.29) is 11.9 Å². The minimum atomic E-state index is -0.209. The molecule has 112 valence electrons. The second-order valence-corrected chi connectivity index (χ2v) is 6.61. The van der Waals surface area contributed by atoms with Crippen LogP contribution >= 0.6 is 0 Å². The summed E-state index contributed by atoms with van der Waals surface area (Å²) < 4.78 is 15.9. The van der Waals surface area contributed by atoms with E-state index in [4.69, 9.17) is 10.7 Å². The summed E-state index contributed by atoms with van der Waals surface area (Å²) in [5.74, 6) is 1.22. The summed E-state index contributed by atoms with van der Waals surface area (Å²) in [6.45, 7) is 0. The molecule has 1 aromatic carbocycles. The maximum Gasteiger partial charge on any atom is 0.125 e. The van der Waals surface area contributed by atoms with Crippen molar-refractivity contribution in [3.05, 3.63) is 29.8 Å². The van der Waals surface area contributed by atoms with Crippen LogP contribution in [0.4, 0.5) is 4.39 Å². The fourth-order valence-corrected chi connectivity index (χ4v) is 3.73. The van der Waals surface area contributed by atoms with Gasteiger partial charge in [-0.05, 0) is 37.8 Å². The molecule has 21 heavy (non-hydrogen) atoms. The summed E-state index contributed by atoms with van der Waals surface area (Å²) in [6, 6.07) is 5.71. The summed E-state index contributed by atoms with van der Waals surface area (Å²) in [7, 11) is 0. The van der Waals surface area contributed by atoms with E-state index in [0.717, 1.165) is 29.7 Å². The van der Waals surface area contributed by atoms with Crippen molar-refractivity contribution in [2.24, 2.45) is 5.73 Å². The van der Waals surface area contributed by atoms with Crippen molar-refractivity contribution in [1.82, 2.24) is 9.55 Å². The quantitative estimate of drug-likeness (QED) is 0.852. The molecule has 0 bridgehead atoms. The lowest BCUT2D eigenvalue weighted by Gasteiger charge is -2.22. The van der Waals surface area contributed by atoms with Gasteiger partial charge in [-0.15, -0.1) is 0 Å². The van der Waals surface area contributed by atoms with Crippen LogP contribution in [0, 0.1) is 5.82 Å². The van der Waals surface area contributed by atoms with Gasteiger partial charge in [0.25, 0.3) is 0 Å². The van der Waals surface area contributed by atoms with Gasteiger partial charge in [0.05, 0.1) is 11.0 Å². The summed E-state index contributed by atoms with van der Waals surface area (Å²) >= 11 is 0. The predicted molar refractivity (Wildman–Crippen MR) is 81.8 cm³/mol. The van der Waals surface area contributed by atoms with Gasteiger partial charge in [0, 0.05) is 24.1 Å². The topological polar surface area (TPSA) is 43.8 Å². The van der Waals surface area contributed by atoms with Gasteiger partial charge in [0.15, 0.2) is 0 Å². The lowest BCUT2D eigenvalue weighted by atomic mass is 9.94. The molecule has 1 heterocycles. The zero-order valence-electron chi connectivity index (χ0n) is 12.3. The molecule has 0 aliphatic heterocycles. The summed E-state index contributed by atoms with van der Waals surface area (Å²) in [4.78, 5) is 4.79. The fourth-order valence-electron chi connectivity index (χ4n) is 3.73. The molecule has 1 aromatic heterocycles. The van der Waals surface area contributed by atoms with Crippen molar-refractivity contribution in [1.29, 1.82) is 0 Å². The number of rotatable bonds is 2. The minimum absolute atomic E-state index is 0.187. The van der Waals surface area contributed by atoms with Crippen LogP contribution in [0.1, 0.15) is 62.7 Å². The molecule has 0 saturated heterocycles. The predicted octanol–water partition coefficient (Wildman–Crippen LogP) is 3.89. The van der Waals surface area contributed by atoms with Crippen LogP contribution in [-0.4, -0.2) is 15.6 Å². The van der Waals surface area contributed by atoms with Crippen molar-refractivity contribution in [3.63, 3.8) is 0 Å². The van der Waals surface area contributed by atoms with E-state index in [1.165, 1.54) is 32.1 Å². The molecular formula is C17H22FN3. The van der Waals surface area contributed by atoms with Crippen molar-refractivity contribution in [2.45, 2.75) is 62.9 Å². The van der Waals surface area contributed by atoms with Gasteiger partial charge in [-0.3, -0.25) is 0 Å². The smallest absolute Gasteiger partial charge is 0.125 e. The molecule has 2 aromatic rings. The summed E-state index contributed by atoms with van der Waals surface area (Å²) in [5.41, 5.74) is 8.28. The Morgan fingerprint density at radius 1 is 1.10 bits per heavy atom. The Kier molecular flexibility index (Phi) is 3.21. The third kappa shape index (κ3) is 2.35. The third-order valence-electron chi connectivity index (χ3n) is 4.99. The number of imidazole rings is 1. The van der Waals surface area contributed by atoms with E-state index in [1.807, 2.05) is 6.07 Å². The van der Waals surface area contributed by atoms with Gasteiger partial charge in [0.2, 0.25) is 0 Å². The standard InChI is InChI=1S/C17H22FN3/c18-11-6-9-16-15(10-11)20-17(21(16)12-7-8-12)13-4-2-1-3-5-14(13)19/h6,9-10,12-14H,1-5,7-8,19H2. The Bertz CT molecular complexity index is 659. The highest BCUT2D eigenvalue weighted by Gasteiger charge is 2.33. The maximum atomic E-state index is 13.5. The third-order valence-corrected chi connectivity index (χ3v) is 4.99. The van der Waals surface area contributed by atoms with Gasteiger partial charge >= 0.3 is 0 Å². The molecule has 2 atom stereocenters. The van der Waals surface area contributed by atoms with Gasteiger partial charge in [0.1, 0.15) is 11.6 Å². The molecule has 4 rings (SSSR count). The first-order chi connectivity index (χ1) is 10.2. The molecule has 0 radical (unpaired) electrons. The number of fused-ring (bicyclic) bond motifs is 1. The molecule has 0 spiro atoms. The number of halogens is 1. The van der Waals surface area contributed by atoms with E-state index < -0.39 is 0 Å². The highest BCUT2D eigenvalue weighted by Crippen LogP contribution is 2.42. The van der Waals surface area contributed by atoms with Crippen molar-refractivity contribution < 1.29 is 4.39 Å². The van der Waals surface area contributed by atoms with E-state index in [2.05, 4.69) is 4.57 Å². The number of hydrogen-bond acceptors (Lipinski definition) is 2. The molecule has 4 heteroatoms. The lowest BCUT2D eigenvalue weighted by molar-refractivity contribution is 0.465. The second-order valence-electron chi connectivity index (χ2n) is 6.61. The Morgan fingerprint density at radius 2 is 1.90 bits per heavy atom. The molecule has 2 unspecified atom stereocenters. The lowest BCUT2D eigenvalue weighted by Crippen LogP contribution is -2.29. The first-order valence-electron chi connectivity index (χ1n) is 8.17. The number of aromatic nitrogens is 2. The fraction of sp³-hybridized carbons (Fsp3) is 0.588. The second kappa shape index (κ2) is 5.09. The Labute approximate surface area is 124 Å². The van der Waals surface area contributed by atoms with Crippen molar-refractivity contribution in [3.8, 4) is 0 Å². The van der Waals surface area contributed by atoms with E-state index in [1.54, 1.807) is 12.1 Å². The molecule has 2 saturated carbocycles. The van der Waals surface area contributed by atoms with Crippen LogP contribution < -0.4 is 5.73 Å². The van der Waals surface area contributed by atoms with Gasteiger partial charge in [-0.2, -0.15) is 0 Å². The zero-order chi connectivity index (χ0) is 14.4. The highest BCUT2D eigenvalue weighted by molar-refractivity contribution is 5.76. The number of benzene rings is 1. The van der Waals surface area contributed by atoms with Gasteiger partial charge in [-0.1, -0.05) is 19.3 Å². The van der Waals surface area contributed by atoms with E-state index >= 15 is 0 Å². The zero-order valence-corrected chi connectivity index (χ0v) is 12.3. The van der Waals surface area contributed by atoms with E-state index in [0.29, 0.717) is 12.0 Å². The molecule has 2 N–H and O–H groups in total. The summed E-state index contributed by atoms with van der Waals surface area (Å²) in [6.07, 6.45) is 8.31. The average molecular weight is 287 g/mol. The first kappa shape index (κ1) is 13.3. The number of nitrogens with two attached hydrogens (primary N) is 1. The van der Waals surface area contributed by atoms with Crippen LogP contribution in [0.25, 0.3) is 11.0 Å². The normalized spacial score (nSPS) is 27.0. The Balaban J connectivity index is 1.84. The first-order valence-corrected chi connectivity index (χ1v) is 8.17. The van der Waals surface area contributed by atoms with Crippen LogP contribution in [0.5, 0.6) is 0 Å². The molecule has 2 aliphatic carbocycles. The minimum Gasteiger partial charge on any atom is -0.327 e. The molecular weight excluding hydrogens is 265 g/mol. The largest absolute Gasteiger partial charge is 0.327 e. The molecule has 3 nitrogen and oxygen atoms in total. The molecule has 2 aliphatic rings. The van der Waals surface area contributed by atoms with Gasteiger partial charge in [-0.25, -0.2) is 9.37 Å². The van der Waals surface area contributed by atoms with Crippen LogP contribution in [0.3, 0.4) is 0 Å². The summed E-state index contributed by atoms with van der Waals surface area (Å²) in [5, 5.41) is 0. The van der Waals surface area contributed by atoms with Crippen LogP contribution in [0.15, 0.2) is 18.2 Å². The Morgan fingerprint density at radius 3 is 2.71 bits per heavy atom. The molecule has 2 fully saturated rings. The van der Waals surface area contributed by atoms with Crippen LogP contribution in [0.2, 0.25) is 0 Å². The monoisotopic (exact) mass is 287 g/mol. The molecule has 0 amide bonds. The highest BCUT2D eigenvalue weighted by atomic mass is 19.1. The maximum absolute atomic E-state index is 13.5. The van der Waals surface area contributed by atoms with Crippen LogP contribution in [-0.2, 0) is 0 Å². The van der Waals surface area contributed by atoms with Gasteiger partial charge < -0.3 is 10.3 Å².